The Morgan fingerprint density at radius 2 is 1.17 bits per heavy atom. The molecule has 0 fully saturated rings. The predicted molar refractivity (Wildman–Crippen MR) is 79.6 cm³/mol. The van der Waals surface area contributed by atoms with E-state index in [9.17, 15) is 0 Å². The maximum Gasteiger partial charge on any atom is 0.121 e. The molecule has 0 spiro atoms. The van der Waals surface area contributed by atoms with Gasteiger partial charge in [0.1, 0.15) is 8.80 Å². The Morgan fingerprint density at radius 3 is 1.56 bits per heavy atom. The predicted octanol–water partition coefficient (Wildman–Crippen LogP) is 1.89. The zero-order valence-electron chi connectivity index (χ0n) is 10.3. The molecule has 0 aliphatic rings. The molecule has 0 aliphatic heterocycles. The van der Waals surface area contributed by atoms with Crippen LogP contribution in [0.2, 0.25) is 6.55 Å². The number of benzene rings is 2. The van der Waals surface area contributed by atoms with Crippen molar-refractivity contribution in [3.63, 3.8) is 0 Å². The Kier molecular flexibility index (Phi) is 3.68. The lowest BCUT2D eigenvalue weighted by atomic mass is 10.2. The van der Waals surface area contributed by atoms with Gasteiger partial charge in [-0.3, -0.25) is 0 Å². The molecule has 2 rings (SSSR count). The van der Waals surface area contributed by atoms with Gasteiger partial charge in [-0.1, -0.05) is 54.8 Å². The van der Waals surface area contributed by atoms with Crippen LogP contribution in [-0.4, -0.2) is 8.80 Å². The van der Waals surface area contributed by atoms with E-state index in [1.807, 2.05) is 36.4 Å². The largest absolute Gasteiger partial charge is 0.121 e. The minimum absolute atomic E-state index is 0.913. The number of terminal acetylenes is 2. The SMILES string of the molecule is C#Cc1ccccc1[Si](C)c1ccccc1C#C. The van der Waals surface area contributed by atoms with E-state index < -0.39 is 8.80 Å². The molecule has 0 aromatic heterocycles. The molecular weight excluding hydrogens is 232 g/mol. The molecular formula is C17H13Si. The van der Waals surface area contributed by atoms with Crippen molar-refractivity contribution in [1.29, 1.82) is 0 Å². The number of hydrogen-bond acceptors (Lipinski definition) is 0. The van der Waals surface area contributed by atoms with E-state index >= 15 is 0 Å². The Morgan fingerprint density at radius 1 is 0.778 bits per heavy atom. The van der Waals surface area contributed by atoms with E-state index in [1.165, 1.54) is 10.4 Å². The summed E-state index contributed by atoms with van der Waals surface area (Å²) in [5.74, 6) is 5.52. The van der Waals surface area contributed by atoms with Gasteiger partial charge in [0.05, 0.1) is 0 Å². The summed E-state index contributed by atoms with van der Waals surface area (Å²) in [6.45, 7) is 2.23. The maximum atomic E-state index is 5.56. The fourth-order valence-corrected chi connectivity index (χ4v) is 4.12. The van der Waals surface area contributed by atoms with E-state index in [-0.39, 0.29) is 0 Å². The first-order valence-electron chi connectivity index (χ1n) is 5.73. The molecule has 18 heavy (non-hydrogen) atoms. The van der Waals surface area contributed by atoms with Crippen LogP contribution in [0.15, 0.2) is 48.5 Å². The van der Waals surface area contributed by atoms with Crippen LogP contribution in [0.25, 0.3) is 0 Å². The van der Waals surface area contributed by atoms with Crippen LogP contribution < -0.4 is 10.4 Å². The molecule has 0 heterocycles. The normalized spacial score (nSPS) is 9.78. The molecule has 0 saturated heterocycles. The Hall–Kier alpha value is -2.22. The summed E-state index contributed by atoms with van der Waals surface area (Å²) in [4.78, 5) is 0. The van der Waals surface area contributed by atoms with Gasteiger partial charge in [0.15, 0.2) is 0 Å². The Balaban J connectivity index is 2.53. The summed E-state index contributed by atoms with van der Waals surface area (Å²) < 4.78 is 0. The molecule has 0 atom stereocenters. The number of hydrogen-bond donors (Lipinski definition) is 0. The van der Waals surface area contributed by atoms with Gasteiger partial charge < -0.3 is 0 Å². The van der Waals surface area contributed by atoms with Gasteiger partial charge in [0.2, 0.25) is 0 Å². The fourth-order valence-electron chi connectivity index (χ4n) is 2.02. The average Bonchev–Trinajstić information content (AvgIpc) is 2.46. The molecule has 85 valence electrons. The lowest BCUT2D eigenvalue weighted by molar-refractivity contribution is 1.66. The van der Waals surface area contributed by atoms with Crippen molar-refractivity contribution in [2.45, 2.75) is 6.55 Å². The van der Waals surface area contributed by atoms with Crippen molar-refractivity contribution in [2.24, 2.45) is 0 Å². The molecule has 0 N–H and O–H groups in total. The quantitative estimate of drug-likeness (QED) is 0.560. The zero-order chi connectivity index (χ0) is 13.0. The second-order valence-corrected chi connectivity index (χ2v) is 6.33. The summed E-state index contributed by atoms with van der Waals surface area (Å²) in [6, 6.07) is 16.2. The first-order chi connectivity index (χ1) is 8.77. The van der Waals surface area contributed by atoms with E-state index in [2.05, 4.69) is 30.5 Å². The summed E-state index contributed by atoms with van der Waals surface area (Å²) in [7, 11) is -0.913. The monoisotopic (exact) mass is 245 g/mol. The van der Waals surface area contributed by atoms with Crippen molar-refractivity contribution in [2.75, 3.05) is 0 Å². The van der Waals surface area contributed by atoms with Gasteiger partial charge in [0, 0.05) is 11.1 Å². The van der Waals surface area contributed by atoms with Crippen LogP contribution in [-0.2, 0) is 0 Å². The summed E-state index contributed by atoms with van der Waals surface area (Å²) in [6.07, 6.45) is 11.1. The van der Waals surface area contributed by atoms with Gasteiger partial charge in [-0.2, -0.15) is 0 Å². The Labute approximate surface area is 110 Å². The first-order valence-corrected chi connectivity index (χ1v) is 7.73. The molecule has 0 bridgehead atoms. The van der Waals surface area contributed by atoms with Gasteiger partial charge in [-0.25, -0.2) is 0 Å². The van der Waals surface area contributed by atoms with Gasteiger partial charge in [-0.05, 0) is 22.5 Å². The summed E-state index contributed by atoms with van der Waals surface area (Å²) in [5, 5.41) is 2.49. The van der Waals surface area contributed by atoms with Crippen molar-refractivity contribution in [3.05, 3.63) is 59.7 Å². The highest BCUT2D eigenvalue weighted by molar-refractivity contribution is 6.85. The minimum atomic E-state index is -0.913. The van der Waals surface area contributed by atoms with Crippen molar-refractivity contribution < 1.29 is 0 Å². The van der Waals surface area contributed by atoms with Crippen LogP contribution >= 0.6 is 0 Å². The Bertz CT molecular complexity index is 584. The summed E-state index contributed by atoms with van der Waals surface area (Å²) >= 11 is 0. The molecule has 0 nitrogen and oxygen atoms in total. The van der Waals surface area contributed by atoms with Crippen molar-refractivity contribution in [3.8, 4) is 24.7 Å². The van der Waals surface area contributed by atoms with Gasteiger partial charge >= 0.3 is 0 Å². The van der Waals surface area contributed by atoms with Crippen LogP contribution in [0.1, 0.15) is 11.1 Å². The minimum Gasteiger partial charge on any atom is -0.115 e. The second kappa shape index (κ2) is 5.41. The van der Waals surface area contributed by atoms with Gasteiger partial charge in [-0.15, -0.1) is 12.8 Å². The highest BCUT2D eigenvalue weighted by atomic mass is 28.3. The molecule has 0 saturated carbocycles. The smallest absolute Gasteiger partial charge is 0.115 e. The van der Waals surface area contributed by atoms with Crippen LogP contribution in [0.5, 0.6) is 0 Å². The third kappa shape index (κ3) is 2.23. The molecule has 0 unspecified atom stereocenters. The first kappa shape index (κ1) is 12.2. The highest BCUT2D eigenvalue weighted by Crippen LogP contribution is 2.01. The topological polar surface area (TPSA) is 0 Å². The highest BCUT2D eigenvalue weighted by Gasteiger charge is 2.16. The molecule has 0 aliphatic carbocycles. The standard InChI is InChI=1S/C17H13Si/c1-4-14-10-6-8-12-16(14)18(3)17-13-9-7-11-15(17)5-2/h1-2,6-13H,3H3. The maximum absolute atomic E-state index is 5.56. The van der Waals surface area contributed by atoms with E-state index in [0.717, 1.165) is 11.1 Å². The number of rotatable bonds is 2. The van der Waals surface area contributed by atoms with E-state index in [4.69, 9.17) is 12.8 Å². The summed E-state index contributed by atoms with van der Waals surface area (Å²) in [5.41, 5.74) is 1.95. The molecule has 2 aromatic carbocycles. The zero-order valence-corrected chi connectivity index (χ0v) is 11.3. The van der Waals surface area contributed by atoms with Gasteiger partial charge in [0.25, 0.3) is 0 Å². The fraction of sp³-hybridized carbons (Fsp3) is 0.0588. The molecule has 0 amide bonds. The van der Waals surface area contributed by atoms with Crippen LogP contribution in [0, 0.1) is 24.7 Å². The third-order valence-electron chi connectivity index (χ3n) is 2.97. The molecule has 2 aromatic rings. The lowest BCUT2D eigenvalue weighted by Crippen LogP contribution is -2.42. The lowest BCUT2D eigenvalue weighted by Gasteiger charge is -2.14. The van der Waals surface area contributed by atoms with Crippen LogP contribution in [0.4, 0.5) is 0 Å². The molecule has 1 radical (unpaired) electrons. The third-order valence-corrected chi connectivity index (χ3v) is 5.46. The second-order valence-electron chi connectivity index (χ2n) is 4.00. The molecule has 1 heteroatoms. The van der Waals surface area contributed by atoms with Crippen LogP contribution in [0.3, 0.4) is 0 Å². The van der Waals surface area contributed by atoms with E-state index in [0.29, 0.717) is 0 Å². The van der Waals surface area contributed by atoms with Crippen molar-refractivity contribution >= 4 is 19.2 Å². The van der Waals surface area contributed by atoms with E-state index in [1.54, 1.807) is 0 Å². The van der Waals surface area contributed by atoms with Crippen molar-refractivity contribution in [1.82, 2.24) is 0 Å². The average molecular weight is 245 g/mol.